The molecule has 0 bridgehead atoms. The standard InChI is InChI=1S/C18H12ClFN2O4/c1-26-18(25)10-5-4-6-11(9-10)21-15-14(19)16(23)22(17(15)24)13-8-3-2-7-12(13)20/h2-9,21H,1H3. The molecule has 1 aliphatic heterocycles. The van der Waals surface area contributed by atoms with Crippen molar-refractivity contribution < 1.29 is 23.5 Å². The monoisotopic (exact) mass is 374 g/mol. The van der Waals surface area contributed by atoms with Crippen LogP contribution in [0.3, 0.4) is 0 Å². The molecule has 2 aromatic carbocycles. The van der Waals surface area contributed by atoms with Gasteiger partial charge in [-0.2, -0.15) is 0 Å². The highest BCUT2D eigenvalue weighted by atomic mass is 35.5. The Kier molecular flexibility index (Phi) is 4.73. The van der Waals surface area contributed by atoms with Crippen molar-refractivity contribution >= 4 is 40.8 Å². The first-order valence-corrected chi connectivity index (χ1v) is 7.80. The van der Waals surface area contributed by atoms with Gasteiger partial charge in [-0.05, 0) is 30.3 Å². The van der Waals surface area contributed by atoms with E-state index in [9.17, 15) is 18.8 Å². The lowest BCUT2D eigenvalue weighted by molar-refractivity contribution is -0.120. The van der Waals surface area contributed by atoms with Crippen molar-refractivity contribution in [3.05, 3.63) is 70.6 Å². The van der Waals surface area contributed by atoms with E-state index in [1.807, 2.05) is 0 Å². The van der Waals surface area contributed by atoms with Gasteiger partial charge in [-0.3, -0.25) is 9.59 Å². The van der Waals surface area contributed by atoms with Crippen LogP contribution in [0.4, 0.5) is 15.8 Å². The predicted molar refractivity (Wildman–Crippen MR) is 93.2 cm³/mol. The molecule has 0 atom stereocenters. The number of esters is 1. The number of halogens is 2. The highest BCUT2D eigenvalue weighted by molar-refractivity contribution is 6.53. The van der Waals surface area contributed by atoms with E-state index in [1.165, 1.54) is 37.4 Å². The van der Waals surface area contributed by atoms with Crippen LogP contribution >= 0.6 is 11.6 Å². The van der Waals surface area contributed by atoms with Gasteiger partial charge in [0.15, 0.2) is 0 Å². The third kappa shape index (κ3) is 3.04. The second kappa shape index (κ2) is 6.97. The molecule has 1 aliphatic rings. The highest BCUT2D eigenvalue weighted by Gasteiger charge is 2.40. The van der Waals surface area contributed by atoms with Gasteiger partial charge < -0.3 is 10.1 Å². The molecule has 2 aromatic rings. The van der Waals surface area contributed by atoms with Crippen molar-refractivity contribution in [2.75, 3.05) is 17.3 Å². The van der Waals surface area contributed by atoms with E-state index in [1.54, 1.807) is 12.1 Å². The van der Waals surface area contributed by atoms with Crippen molar-refractivity contribution in [1.82, 2.24) is 0 Å². The van der Waals surface area contributed by atoms with E-state index in [4.69, 9.17) is 11.6 Å². The van der Waals surface area contributed by atoms with E-state index in [0.29, 0.717) is 10.6 Å². The van der Waals surface area contributed by atoms with E-state index < -0.39 is 23.6 Å². The smallest absolute Gasteiger partial charge is 0.337 e. The molecule has 0 spiro atoms. The van der Waals surface area contributed by atoms with Gasteiger partial charge in [0, 0.05) is 5.69 Å². The zero-order valence-electron chi connectivity index (χ0n) is 13.5. The van der Waals surface area contributed by atoms with E-state index in [2.05, 4.69) is 10.1 Å². The first kappa shape index (κ1) is 17.6. The minimum Gasteiger partial charge on any atom is -0.465 e. The van der Waals surface area contributed by atoms with Gasteiger partial charge in [0.05, 0.1) is 18.4 Å². The van der Waals surface area contributed by atoms with Crippen LogP contribution in [0, 0.1) is 5.82 Å². The number of rotatable bonds is 4. The molecule has 1 N–H and O–H groups in total. The predicted octanol–water partition coefficient (Wildman–Crippen LogP) is 3.05. The third-order valence-electron chi connectivity index (χ3n) is 3.67. The Morgan fingerprint density at radius 1 is 1.12 bits per heavy atom. The Morgan fingerprint density at radius 3 is 2.54 bits per heavy atom. The number of carbonyl (C=O) groups is 3. The van der Waals surface area contributed by atoms with Crippen molar-refractivity contribution in [3.63, 3.8) is 0 Å². The van der Waals surface area contributed by atoms with Crippen LogP contribution in [-0.2, 0) is 14.3 Å². The molecule has 3 rings (SSSR count). The summed E-state index contributed by atoms with van der Waals surface area (Å²) in [5, 5.41) is 2.34. The molecular weight excluding hydrogens is 363 g/mol. The molecular formula is C18H12ClFN2O4. The Morgan fingerprint density at radius 2 is 1.85 bits per heavy atom. The average molecular weight is 375 g/mol. The minimum atomic E-state index is -0.839. The number of para-hydroxylation sites is 1. The fraction of sp³-hybridized carbons (Fsp3) is 0.0556. The summed E-state index contributed by atoms with van der Waals surface area (Å²) in [6, 6.07) is 11.5. The number of benzene rings is 2. The van der Waals surface area contributed by atoms with Crippen LogP contribution in [0.15, 0.2) is 59.3 Å². The van der Waals surface area contributed by atoms with E-state index in [0.717, 1.165) is 6.07 Å². The molecule has 0 fully saturated rings. The molecule has 2 amide bonds. The topological polar surface area (TPSA) is 75.7 Å². The number of imide groups is 1. The molecule has 26 heavy (non-hydrogen) atoms. The quantitative estimate of drug-likeness (QED) is 0.657. The Balaban J connectivity index is 1.92. The molecule has 0 radical (unpaired) electrons. The normalized spacial score (nSPS) is 14.0. The van der Waals surface area contributed by atoms with Crippen LogP contribution < -0.4 is 10.2 Å². The molecule has 0 saturated carbocycles. The maximum absolute atomic E-state index is 14.0. The number of hydrogen-bond acceptors (Lipinski definition) is 5. The van der Waals surface area contributed by atoms with E-state index >= 15 is 0 Å². The lowest BCUT2D eigenvalue weighted by Gasteiger charge is -2.15. The van der Waals surface area contributed by atoms with Crippen LogP contribution in [0.25, 0.3) is 0 Å². The van der Waals surface area contributed by atoms with Gasteiger partial charge in [-0.15, -0.1) is 0 Å². The number of nitrogens with zero attached hydrogens (tertiary/aromatic N) is 1. The van der Waals surface area contributed by atoms with Crippen LogP contribution in [0.2, 0.25) is 0 Å². The molecule has 0 aromatic heterocycles. The summed E-state index contributed by atoms with van der Waals surface area (Å²) >= 11 is 5.99. The fourth-order valence-electron chi connectivity index (χ4n) is 2.45. The van der Waals surface area contributed by atoms with E-state index in [-0.39, 0.29) is 22.0 Å². The first-order valence-electron chi connectivity index (χ1n) is 7.42. The fourth-order valence-corrected chi connectivity index (χ4v) is 2.66. The summed E-state index contributed by atoms with van der Waals surface area (Å²) in [7, 11) is 1.24. The third-order valence-corrected chi connectivity index (χ3v) is 4.02. The summed E-state index contributed by atoms with van der Waals surface area (Å²) in [5.74, 6) is -2.93. The van der Waals surface area contributed by atoms with Gasteiger partial charge in [0.25, 0.3) is 11.8 Å². The lowest BCUT2D eigenvalue weighted by atomic mass is 10.2. The van der Waals surface area contributed by atoms with Crippen LogP contribution in [-0.4, -0.2) is 24.9 Å². The molecule has 0 unspecified atom stereocenters. The minimum absolute atomic E-state index is 0.194. The largest absolute Gasteiger partial charge is 0.465 e. The second-order valence-electron chi connectivity index (χ2n) is 5.28. The lowest BCUT2D eigenvalue weighted by Crippen LogP contribution is -2.33. The van der Waals surface area contributed by atoms with Crippen molar-refractivity contribution in [1.29, 1.82) is 0 Å². The molecule has 132 valence electrons. The van der Waals surface area contributed by atoms with Gasteiger partial charge in [-0.1, -0.05) is 29.8 Å². The molecule has 0 saturated heterocycles. The molecule has 6 nitrogen and oxygen atoms in total. The Bertz CT molecular complexity index is 958. The molecule has 0 aliphatic carbocycles. The summed E-state index contributed by atoms with van der Waals surface area (Å²) in [6.45, 7) is 0. The molecule has 1 heterocycles. The summed E-state index contributed by atoms with van der Waals surface area (Å²) in [6.07, 6.45) is 0. The SMILES string of the molecule is COC(=O)c1cccc(NC2=C(Cl)C(=O)N(c3ccccc3F)C2=O)c1. The van der Waals surface area contributed by atoms with Crippen molar-refractivity contribution in [3.8, 4) is 0 Å². The summed E-state index contributed by atoms with van der Waals surface area (Å²) < 4.78 is 18.6. The molecule has 8 heteroatoms. The van der Waals surface area contributed by atoms with Crippen molar-refractivity contribution in [2.45, 2.75) is 0 Å². The number of methoxy groups -OCH3 is 1. The van der Waals surface area contributed by atoms with Gasteiger partial charge in [0.1, 0.15) is 16.5 Å². The van der Waals surface area contributed by atoms with Crippen LogP contribution in [0.1, 0.15) is 10.4 Å². The highest BCUT2D eigenvalue weighted by Crippen LogP contribution is 2.31. The number of amides is 2. The number of nitrogens with one attached hydrogen (secondary N) is 1. The maximum Gasteiger partial charge on any atom is 0.337 e. The summed E-state index contributed by atoms with van der Waals surface area (Å²) in [4.78, 5) is 37.2. The summed E-state index contributed by atoms with van der Waals surface area (Å²) in [5.41, 5.74) is 0.192. The van der Waals surface area contributed by atoms with Gasteiger partial charge in [-0.25, -0.2) is 14.1 Å². The van der Waals surface area contributed by atoms with Crippen LogP contribution in [0.5, 0.6) is 0 Å². The maximum atomic E-state index is 14.0. The number of ether oxygens (including phenoxy) is 1. The van der Waals surface area contributed by atoms with Crippen molar-refractivity contribution in [2.24, 2.45) is 0 Å². The second-order valence-corrected chi connectivity index (χ2v) is 5.66. The first-order chi connectivity index (χ1) is 12.4. The number of anilines is 2. The Hall–Kier alpha value is -3.19. The van der Waals surface area contributed by atoms with Gasteiger partial charge in [0.2, 0.25) is 0 Å². The van der Waals surface area contributed by atoms with Gasteiger partial charge >= 0.3 is 5.97 Å². The average Bonchev–Trinajstić information content (AvgIpc) is 2.85. The number of hydrogen-bond donors (Lipinski definition) is 1. The zero-order valence-corrected chi connectivity index (χ0v) is 14.2. The zero-order chi connectivity index (χ0) is 18.8. The Labute approximate surface area is 152 Å². The number of carbonyl (C=O) groups excluding carboxylic acids is 3.